The van der Waals surface area contributed by atoms with E-state index in [2.05, 4.69) is 16.5 Å². The largest absolute Gasteiger partial charge is 0.466 e. The number of nitrogens with zero attached hydrogens (tertiary/aromatic N) is 1. The highest BCUT2D eigenvalue weighted by atomic mass is 16.5. The Kier molecular flexibility index (Phi) is 4.00. The maximum atomic E-state index is 11.3. The molecule has 1 aromatic heterocycles. The number of aromatic nitrogens is 1. The average Bonchev–Trinajstić information content (AvgIpc) is 2.95. The highest BCUT2D eigenvalue weighted by Crippen LogP contribution is 2.26. The van der Waals surface area contributed by atoms with Crippen LogP contribution in [0.1, 0.15) is 17.4 Å². The fraction of sp³-hybridized carbons (Fsp3) is 0.200. The summed E-state index contributed by atoms with van der Waals surface area (Å²) in [6, 6.07) is 9.24. The number of ether oxygens (including phenoxy) is 1. The first-order valence-corrected chi connectivity index (χ1v) is 6.01. The zero-order valence-electron chi connectivity index (χ0n) is 11.3. The second kappa shape index (κ2) is 5.71. The predicted molar refractivity (Wildman–Crippen MR) is 72.8 cm³/mol. The third kappa shape index (κ3) is 2.78. The number of hydrogen-bond donors (Lipinski definition) is 1. The summed E-state index contributed by atoms with van der Waals surface area (Å²) in [4.78, 5) is 11.3. The van der Waals surface area contributed by atoms with Crippen LogP contribution < -0.4 is 0 Å². The fourth-order valence-electron chi connectivity index (χ4n) is 1.69. The molecule has 0 aliphatic heterocycles. The molecule has 20 heavy (non-hydrogen) atoms. The Morgan fingerprint density at radius 2 is 2.05 bits per heavy atom. The Hall–Kier alpha value is -2.40. The van der Waals surface area contributed by atoms with Crippen molar-refractivity contribution < 1.29 is 19.2 Å². The van der Waals surface area contributed by atoms with Crippen LogP contribution in [0.4, 0.5) is 0 Å². The lowest BCUT2D eigenvalue weighted by molar-refractivity contribution is -0.137. The van der Waals surface area contributed by atoms with E-state index >= 15 is 0 Å². The number of aliphatic hydroxyl groups excluding tert-OH is 1. The summed E-state index contributed by atoms with van der Waals surface area (Å²) in [6.45, 7) is 5.47. The van der Waals surface area contributed by atoms with Crippen molar-refractivity contribution in [1.29, 1.82) is 0 Å². The first-order chi connectivity index (χ1) is 9.52. The molecule has 5 nitrogen and oxygen atoms in total. The van der Waals surface area contributed by atoms with E-state index < -0.39 is 12.1 Å². The molecule has 2 aromatic rings. The molecule has 1 aromatic carbocycles. The highest BCUT2D eigenvalue weighted by molar-refractivity contribution is 5.88. The van der Waals surface area contributed by atoms with Gasteiger partial charge in [0.05, 0.1) is 12.7 Å². The summed E-state index contributed by atoms with van der Waals surface area (Å²) in [7, 11) is 1.22. The van der Waals surface area contributed by atoms with Crippen LogP contribution in [0.5, 0.6) is 0 Å². The van der Waals surface area contributed by atoms with Crippen LogP contribution in [0.25, 0.3) is 11.3 Å². The topological polar surface area (TPSA) is 72.6 Å². The maximum absolute atomic E-state index is 11.3. The minimum absolute atomic E-state index is 0.0868. The Balaban J connectivity index is 2.22. The number of carbonyl (C=O) groups is 1. The summed E-state index contributed by atoms with van der Waals surface area (Å²) < 4.78 is 9.67. The lowest BCUT2D eigenvalue weighted by atomic mass is 10.1. The number of rotatable bonds is 4. The Labute approximate surface area is 116 Å². The van der Waals surface area contributed by atoms with E-state index in [9.17, 15) is 9.90 Å². The molecule has 1 heterocycles. The maximum Gasteiger partial charge on any atom is 0.336 e. The van der Waals surface area contributed by atoms with Crippen LogP contribution in [0, 0.1) is 6.92 Å². The van der Waals surface area contributed by atoms with Crippen molar-refractivity contribution in [2.45, 2.75) is 13.0 Å². The summed E-state index contributed by atoms with van der Waals surface area (Å²) in [5, 5.41) is 13.7. The Morgan fingerprint density at radius 3 is 2.65 bits per heavy atom. The molecule has 104 valence electrons. The molecule has 0 saturated heterocycles. The number of benzene rings is 1. The molecule has 0 bridgehead atoms. The molecule has 0 fully saturated rings. The van der Waals surface area contributed by atoms with E-state index in [-0.39, 0.29) is 11.3 Å². The number of methoxy groups -OCH3 is 1. The third-order valence-corrected chi connectivity index (χ3v) is 2.92. The zero-order valence-corrected chi connectivity index (χ0v) is 11.3. The van der Waals surface area contributed by atoms with E-state index in [1.54, 1.807) is 6.07 Å². The van der Waals surface area contributed by atoms with Gasteiger partial charge in [-0.15, -0.1) is 0 Å². The second-order valence-electron chi connectivity index (χ2n) is 4.40. The molecule has 1 unspecified atom stereocenters. The van der Waals surface area contributed by atoms with Crippen molar-refractivity contribution in [2.75, 3.05) is 7.11 Å². The standard InChI is InChI=1S/C15H15NO4/c1-9-4-6-11(7-5-9)13-8-12(16-20-13)14(17)10(2)15(18)19-3/h4-8,14,17H,2H2,1,3H3. The van der Waals surface area contributed by atoms with Crippen molar-refractivity contribution in [3.63, 3.8) is 0 Å². The van der Waals surface area contributed by atoms with Crippen LogP contribution in [-0.4, -0.2) is 23.3 Å². The molecule has 5 heteroatoms. The molecule has 0 radical (unpaired) electrons. The summed E-state index contributed by atoms with van der Waals surface area (Å²) in [6.07, 6.45) is -1.25. The van der Waals surface area contributed by atoms with Gasteiger partial charge in [-0.05, 0) is 6.92 Å². The zero-order chi connectivity index (χ0) is 14.7. The van der Waals surface area contributed by atoms with Crippen LogP contribution in [-0.2, 0) is 9.53 Å². The van der Waals surface area contributed by atoms with Crippen molar-refractivity contribution in [3.05, 3.63) is 53.7 Å². The molecule has 0 aliphatic carbocycles. The van der Waals surface area contributed by atoms with Gasteiger partial charge < -0.3 is 14.4 Å². The van der Waals surface area contributed by atoms with E-state index in [4.69, 9.17) is 4.52 Å². The number of aliphatic hydroxyl groups is 1. The van der Waals surface area contributed by atoms with Crippen LogP contribution in [0.15, 0.2) is 47.0 Å². The molecule has 0 aliphatic rings. The molecule has 1 atom stereocenters. The van der Waals surface area contributed by atoms with E-state index in [0.29, 0.717) is 5.76 Å². The molecule has 1 N–H and O–H groups in total. The smallest absolute Gasteiger partial charge is 0.336 e. The normalized spacial score (nSPS) is 11.9. The quantitative estimate of drug-likeness (QED) is 0.684. The lowest BCUT2D eigenvalue weighted by Crippen LogP contribution is -2.12. The van der Waals surface area contributed by atoms with Gasteiger partial charge in [0.15, 0.2) is 5.76 Å². The highest BCUT2D eigenvalue weighted by Gasteiger charge is 2.22. The minimum atomic E-state index is -1.25. The van der Waals surface area contributed by atoms with Gasteiger partial charge in [0.2, 0.25) is 0 Å². The van der Waals surface area contributed by atoms with Crippen LogP contribution >= 0.6 is 0 Å². The van der Waals surface area contributed by atoms with Gasteiger partial charge in [-0.3, -0.25) is 0 Å². The summed E-state index contributed by atoms with van der Waals surface area (Å²) in [5.74, 6) is -0.172. The average molecular weight is 273 g/mol. The molecular weight excluding hydrogens is 258 g/mol. The van der Waals surface area contributed by atoms with Gasteiger partial charge in [0, 0.05) is 11.6 Å². The van der Waals surface area contributed by atoms with Gasteiger partial charge in [0.1, 0.15) is 11.8 Å². The lowest BCUT2D eigenvalue weighted by Gasteiger charge is -2.07. The van der Waals surface area contributed by atoms with Gasteiger partial charge in [-0.1, -0.05) is 41.6 Å². The summed E-state index contributed by atoms with van der Waals surface area (Å²) in [5.41, 5.74) is 2.10. The number of aryl methyl sites for hydroxylation is 1. The Bertz CT molecular complexity index is 628. The molecule has 2 rings (SSSR count). The number of hydrogen-bond acceptors (Lipinski definition) is 5. The van der Waals surface area contributed by atoms with Gasteiger partial charge in [-0.25, -0.2) is 4.79 Å². The van der Waals surface area contributed by atoms with E-state index in [1.807, 2.05) is 31.2 Å². The van der Waals surface area contributed by atoms with Crippen molar-refractivity contribution in [1.82, 2.24) is 5.16 Å². The van der Waals surface area contributed by atoms with Crippen molar-refractivity contribution >= 4 is 5.97 Å². The predicted octanol–water partition coefficient (Wildman–Crippen LogP) is 2.41. The second-order valence-corrected chi connectivity index (χ2v) is 4.40. The first kappa shape index (κ1) is 14.0. The SMILES string of the molecule is C=C(C(=O)OC)C(O)c1cc(-c2ccc(C)cc2)on1. The van der Waals surface area contributed by atoms with E-state index in [1.165, 1.54) is 7.11 Å². The summed E-state index contributed by atoms with van der Waals surface area (Å²) >= 11 is 0. The number of esters is 1. The van der Waals surface area contributed by atoms with Crippen LogP contribution in [0.2, 0.25) is 0 Å². The van der Waals surface area contributed by atoms with Gasteiger partial charge >= 0.3 is 5.97 Å². The van der Waals surface area contributed by atoms with Gasteiger partial charge in [0.25, 0.3) is 0 Å². The molecule has 0 saturated carbocycles. The molecular formula is C15H15NO4. The van der Waals surface area contributed by atoms with E-state index in [0.717, 1.165) is 11.1 Å². The molecule has 0 spiro atoms. The monoisotopic (exact) mass is 273 g/mol. The minimum Gasteiger partial charge on any atom is -0.466 e. The van der Waals surface area contributed by atoms with Crippen molar-refractivity contribution in [3.8, 4) is 11.3 Å². The number of carbonyl (C=O) groups excluding carboxylic acids is 1. The first-order valence-electron chi connectivity index (χ1n) is 6.01. The van der Waals surface area contributed by atoms with Gasteiger partial charge in [-0.2, -0.15) is 0 Å². The Morgan fingerprint density at radius 1 is 1.40 bits per heavy atom. The third-order valence-electron chi connectivity index (χ3n) is 2.92. The molecule has 0 amide bonds. The van der Waals surface area contributed by atoms with Crippen LogP contribution in [0.3, 0.4) is 0 Å². The fourth-order valence-corrected chi connectivity index (χ4v) is 1.69. The van der Waals surface area contributed by atoms with Crippen molar-refractivity contribution in [2.24, 2.45) is 0 Å².